The summed E-state index contributed by atoms with van der Waals surface area (Å²) in [4.78, 5) is 4.26. The monoisotopic (exact) mass is 327 g/mol. The van der Waals surface area contributed by atoms with Gasteiger partial charge in [-0.2, -0.15) is 0 Å². The highest BCUT2D eigenvalue weighted by atomic mass is 32.2. The van der Waals surface area contributed by atoms with Gasteiger partial charge in [-0.25, -0.2) is 18.1 Å². The second-order valence-corrected chi connectivity index (χ2v) is 7.21. The predicted molar refractivity (Wildman–Crippen MR) is 83.0 cm³/mol. The minimum atomic E-state index is -3.61. The van der Waals surface area contributed by atoms with Gasteiger partial charge in [0.05, 0.1) is 24.2 Å². The van der Waals surface area contributed by atoms with Gasteiger partial charge < -0.3 is 10.5 Å². The molecule has 0 saturated heterocycles. The molecule has 0 fully saturated rings. The maximum absolute atomic E-state index is 12.4. The first kappa shape index (κ1) is 15.7. The highest BCUT2D eigenvalue weighted by molar-refractivity contribution is 7.89. The average Bonchev–Trinajstić information content (AvgIpc) is 2.84. The summed E-state index contributed by atoms with van der Waals surface area (Å²) in [5.74, 6) is 0.665. The summed E-state index contributed by atoms with van der Waals surface area (Å²) in [6, 6.07) is 3.32. The van der Waals surface area contributed by atoms with E-state index in [9.17, 15) is 8.42 Å². The number of sulfonamides is 1. The Labute approximate surface area is 128 Å². The molecular weight excluding hydrogens is 310 g/mol. The first-order valence-corrected chi connectivity index (χ1v) is 8.54. The molecule has 2 aromatic rings. The maximum Gasteiger partial charge on any atom is 0.241 e. The van der Waals surface area contributed by atoms with Gasteiger partial charge in [0.2, 0.25) is 10.0 Å². The van der Waals surface area contributed by atoms with E-state index in [0.29, 0.717) is 22.1 Å². The van der Waals surface area contributed by atoms with Crippen molar-refractivity contribution in [3.8, 4) is 5.75 Å². The van der Waals surface area contributed by atoms with Gasteiger partial charge in [-0.3, -0.25) is 0 Å². The van der Waals surface area contributed by atoms with Crippen LogP contribution >= 0.6 is 11.3 Å². The molecule has 1 aromatic heterocycles. The zero-order chi connectivity index (χ0) is 15.6. The van der Waals surface area contributed by atoms with Crippen molar-refractivity contribution in [2.24, 2.45) is 0 Å². The normalized spacial score (nSPS) is 11.6. The van der Waals surface area contributed by atoms with Gasteiger partial charge in [0.25, 0.3) is 0 Å². The molecule has 0 saturated carbocycles. The minimum absolute atomic E-state index is 0.112. The van der Waals surface area contributed by atoms with E-state index in [-0.39, 0.29) is 11.4 Å². The molecule has 0 aliphatic rings. The number of nitrogens with zero attached hydrogens (tertiary/aromatic N) is 1. The zero-order valence-electron chi connectivity index (χ0n) is 12.0. The SMILES string of the molecule is COc1cc(C)c(S(=O)(=O)NCc2csc(N)n2)cc1C. The van der Waals surface area contributed by atoms with Crippen molar-refractivity contribution in [2.45, 2.75) is 25.3 Å². The topological polar surface area (TPSA) is 94.3 Å². The van der Waals surface area contributed by atoms with Gasteiger partial charge in [0, 0.05) is 5.38 Å². The molecule has 0 bridgehead atoms. The summed E-state index contributed by atoms with van der Waals surface area (Å²) in [6.45, 7) is 3.65. The summed E-state index contributed by atoms with van der Waals surface area (Å²) in [6.07, 6.45) is 0. The quantitative estimate of drug-likeness (QED) is 0.873. The van der Waals surface area contributed by atoms with Crippen LogP contribution in [0.25, 0.3) is 0 Å². The number of rotatable bonds is 5. The molecule has 8 heteroatoms. The first-order chi connectivity index (χ1) is 9.83. The first-order valence-electron chi connectivity index (χ1n) is 6.18. The van der Waals surface area contributed by atoms with E-state index in [1.807, 2.05) is 0 Å². The number of thiazole rings is 1. The lowest BCUT2D eigenvalue weighted by atomic mass is 10.1. The Kier molecular flexibility index (Phi) is 4.50. The van der Waals surface area contributed by atoms with Crippen LogP contribution in [0.3, 0.4) is 0 Å². The summed E-state index contributed by atoms with van der Waals surface area (Å²) in [5, 5.41) is 2.14. The molecule has 0 aliphatic carbocycles. The van der Waals surface area contributed by atoms with Gasteiger partial charge in [-0.1, -0.05) is 0 Å². The number of nitrogen functional groups attached to an aromatic ring is 1. The van der Waals surface area contributed by atoms with Crippen molar-refractivity contribution in [1.82, 2.24) is 9.71 Å². The van der Waals surface area contributed by atoms with Crippen molar-refractivity contribution in [3.05, 3.63) is 34.3 Å². The fourth-order valence-corrected chi connectivity index (χ4v) is 3.79. The predicted octanol–water partition coefficient (Wildman–Crippen LogP) is 1.83. The van der Waals surface area contributed by atoms with Crippen LogP contribution < -0.4 is 15.2 Å². The van der Waals surface area contributed by atoms with Crippen LogP contribution in [-0.2, 0) is 16.6 Å². The fourth-order valence-electron chi connectivity index (χ4n) is 1.92. The molecule has 0 amide bonds. The Morgan fingerprint density at radius 1 is 1.33 bits per heavy atom. The van der Waals surface area contributed by atoms with Crippen LogP contribution in [0.5, 0.6) is 5.75 Å². The van der Waals surface area contributed by atoms with E-state index in [4.69, 9.17) is 10.5 Å². The lowest BCUT2D eigenvalue weighted by Crippen LogP contribution is -2.24. The number of anilines is 1. The van der Waals surface area contributed by atoms with Gasteiger partial charge >= 0.3 is 0 Å². The molecule has 0 radical (unpaired) electrons. The maximum atomic E-state index is 12.4. The third-order valence-electron chi connectivity index (χ3n) is 2.99. The van der Waals surface area contributed by atoms with E-state index in [1.54, 1.807) is 38.5 Å². The number of aryl methyl sites for hydroxylation is 2. The number of hydrogen-bond donors (Lipinski definition) is 2. The number of aromatic nitrogens is 1. The molecule has 1 heterocycles. The summed E-state index contributed by atoms with van der Waals surface area (Å²) in [5.41, 5.74) is 7.51. The van der Waals surface area contributed by atoms with E-state index >= 15 is 0 Å². The Morgan fingerprint density at radius 2 is 2.05 bits per heavy atom. The summed E-state index contributed by atoms with van der Waals surface area (Å²) >= 11 is 1.28. The van der Waals surface area contributed by atoms with E-state index in [2.05, 4.69) is 9.71 Å². The van der Waals surface area contributed by atoms with Gasteiger partial charge in [-0.15, -0.1) is 11.3 Å². The highest BCUT2D eigenvalue weighted by Gasteiger charge is 2.19. The van der Waals surface area contributed by atoms with Crippen molar-refractivity contribution < 1.29 is 13.2 Å². The van der Waals surface area contributed by atoms with Crippen molar-refractivity contribution in [2.75, 3.05) is 12.8 Å². The van der Waals surface area contributed by atoms with Crippen molar-refractivity contribution >= 4 is 26.5 Å². The molecule has 21 heavy (non-hydrogen) atoms. The number of hydrogen-bond acceptors (Lipinski definition) is 6. The summed E-state index contributed by atoms with van der Waals surface area (Å²) in [7, 11) is -2.05. The molecule has 2 rings (SSSR count). The van der Waals surface area contributed by atoms with Crippen LogP contribution in [-0.4, -0.2) is 20.5 Å². The Balaban J connectivity index is 2.25. The minimum Gasteiger partial charge on any atom is -0.496 e. The molecule has 0 unspecified atom stereocenters. The Hall–Kier alpha value is -1.64. The molecule has 3 N–H and O–H groups in total. The molecule has 0 aliphatic heterocycles. The number of nitrogens with one attached hydrogen (secondary N) is 1. The third-order valence-corrected chi connectivity index (χ3v) is 5.26. The average molecular weight is 327 g/mol. The van der Waals surface area contributed by atoms with Gasteiger partial charge in [0.1, 0.15) is 5.75 Å². The second-order valence-electron chi connectivity index (χ2n) is 4.59. The molecule has 6 nitrogen and oxygen atoms in total. The van der Waals surface area contributed by atoms with E-state index in [1.165, 1.54) is 11.3 Å². The van der Waals surface area contributed by atoms with Gasteiger partial charge in [-0.05, 0) is 37.1 Å². The van der Waals surface area contributed by atoms with E-state index < -0.39 is 10.0 Å². The molecule has 114 valence electrons. The largest absolute Gasteiger partial charge is 0.496 e. The van der Waals surface area contributed by atoms with Crippen LogP contribution in [0.4, 0.5) is 5.13 Å². The number of methoxy groups -OCH3 is 1. The van der Waals surface area contributed by atoms with Crippen LogP contribution in [0.1, 0.15) is 16.8 Å². The number of nitrogens with two attached hydrogens (primary N) is 1. The fraction of sp³-hybridized carbons (Fsp3) is 0.308. The van der Waals surface area contributed by atoms with Crippen LogP contribution in [0.2, 0.25) is 0 Å². The second kappa shape index (κ2) is 6.00. The van der Waals surface area contributed by atoms with E-state index in [0.717, 1.165) is 5.56 Å². The number of ether oxygens (including phenoxy) is 1. The standard InChI is InChI=1S/C13H17N3O3S2/c1-8-5-12(9(2)4-11(8)19-3)21(17,18)15-6-10-7-20-13(14)16-10/h4-5,7,15H,6H2,1-3H3,(H2,14,16). The van der Waals surface area contributed by atoms with Crippen LogP contribution in [0.15, 0.2) is 22.4 Å². The lowest BCUT2D eigenvalue weighted by Gasteiger charge is -2.12. The molecule has 0 atom stereocenters. The smallest absolute Gasteiger partial charge is 0.241 e. The zero-order valence-corrected chi connectivity index (χ0v) is 13.6. The molecule has 1 aromatic carbocycles. The summed E-state index contributed by atoms with van der Waals surface area (Å²) < 4.78 is 32.5. The van der Waals surface area contributed by atoms with Crippen LogP contribution in [0, 0.1) is 13.8 Å². The Bertz CT molecular complexity index is 754. The lowest BCUT2D eigenvalue weighted by molar-refractivity contribution is 0.411. The third kappa shape index (κ3) is 3.52. The molecule has 0 spiro atoms. The highest BCUT2D eigenvalue weighted by Crippen LogP contribution is 2.25. The van der Waals surface area contributed by atoms with Crippen molar-refractivity contribution in [1.29, 1.82) is 0 Å². The Morgan fingerprint density at radius 3 is 2.62 bits per heavy atom. The molecular formula is C13H17N3O3S2. The number of benzene rings is 1. The van der Waals surface area contributed by atoms with Crippen molar-refractivity contribution in [3.63, 3.8) is 0 Å². The van der Waals surface area contributed by atoms with Gasteiger partial charge in [0.15, 0.2) is 5.13 Å².